The minimum absolute atomic E-state index is 0.102. The molecule has 1 saturated heterocycles. The summed E-state index contributed by atoms with van der Waals surface area (Å²) in [6.07, 6.45) is 12.8. The van der Waals surface area contributed by atoms with Crippen LogP contribution in [0.25, 0.3) is 6.08 Å². The summed E-state index contributed by atoms with van der Waals surface area (Å²) in [5.74, 6) is 1.65. The van der Waals surface area contributed by atoms with Crippen LogP contribution in [0.2, 0.25) is 0 Å². The molecule has 5 heteroatoms. The lowest BCUT2D eigenvalue weighted by atomic mass is 10.1. The highest BCUT2D eigenvalue weighted by Gasteiger charge is 2.13. The van der Waals surface area contributed by atoms with Crippen LogP contribution in [0.1, 0.15) is 44.6 Å². The number of benzene rings is 1. The van der Waals surface area contributed by atoms with E-state index >= 15 is 0 Å². The van der Waals surface area contributed by atoms with E-state index in [-0.39, 0.29) is 12.7 Å². The molecule has 0 unspecified atom stereocenters. The Hall–Kier alpha value is -2.27. The summed E-state index contributed by atoms with van der Waals surface area (Å²) in [6.45, 7) is 4.45. The zero-order chi connectivity index (χ0) is 18.6. The van der Waals surface area contributed by atoms with Crippen molar-refractivity contribution in [2.24, 2.45) is 0 Å². The maximum absolute atomic E-state index is 11.9. The van der Waals surface area contributed by atoms with E-state index in [2.05, 4.69) is 6.92 Å². The number of rotatable bonds is 5. The van der Waals surface area contributed by atoms with E-state index in [0.29, 0.717) is 6.61 Å². The van der Waals surface area contributed by atoms with E-state index < -0.39 is 0 Å². The number of fused-ring (bicyclic) bond motifs is 1. The Balaban J connectivity index is 0.000000431. The van der Waals surface area contributed by atoms with Gasteiger partial charge in [0.1, 0.15) is 0 Å². The summed E-state index contributed by atoms with van der Waals surface area (Å²) in [4.78, 5) is 13.8. The Labute approximate surface area is 155 Å². The maximum Gasteiger partial charge on any atom is 0.246 e. The molecule has 1 fully saturated rings. The highest BCUT2D eigenvalue weighted by molar-refractivity contribution is 5.88. The van der Waals surface area contributed by atoms with Gasteiger partial charge in [0.25, 0.3) is 0 Å². The number of aliphatic hydroxyl groups is 1. The van der Waals surface area contributed by atoms with Gasteiger partial charge in [0, 0.05) is 25.8 Å². The van der Waals surface area contributed by atoms with E-state index in [1.807, 2.05) is 35.3 Å². The Morgan fingerprint density at radius 1 is 1.15 bits per heavy atom. The van der Waals surface area contributed by atoms with E-state index in [4.69, 9.17) is 14.6 Å². The molecule has 3 rings (SSSR count). The molecule has 2 heterocycles. The number of unbranched alkanes of at least 4 members (excludes halogenated alkanes) is 1. The lowest BCUT2D eigenvalue weighted by molar-refractivity contribution is -0.126. The van der Waals surface area contributed by atoms with Crippen LogP contribution in [0.15, 0.2) is 36.4 Å². The Morgan fingerprint density at radius 2 is 1.92 bits per heavy atom. The Morgan fingerprint density at radius 3 is 2.62 bits per heavy atom. The minimum Gasteiger partial charge on any atom is -0.454 e. The number of piperidine rings is 1. The first-order chi connectivity index (χ1) is 12.7. The summed E-state index contributed by atoms with van der Waals surface area (Å²) in [5.41, 5.74) is 1.02. The molecule has 1 amide bonds. The van der Waals surface area contributed by atoms with Crippen LogP contribution in [-0.4, -0.2) is 42.4 Å². The lowest BCUT2D eigenvalue weighted by Crippen LogP contribution is -2.34. The van der Waals surface area contributed by atoms with Crippen molar-refractivity contribution in [2.75, 3.05) is 26.5 Å². The molecule has 0 spiro atoms. The van der Waals surface area contributed by atoms with Crippen LogP contribution >= 0.6 is 0 Å². The molecule has 2 aliphatic rings. The van der Waals surface area contributed by atoms with Gasteiger partial charge in [-0.1, -0.05) is 37.6 Å². The van der Waals surface area contributed by atoms with Crippen molar-refractivity contribution in [2.45, 2.75) is 39.0 Å². The zero-order valence-electron chi connectivity index (χ0n) is 15.5. The van der Waals surface area contributed by atoms with Crippen LogP contribution in [0.5, 0.6) is 11.5 Å². The van der Waals surface area contributed by atoms with Crippen LogP contribution in [0.3, 0.4) is 0 Å². The number of likely N-dealkylation sites (tertiary alicyclic amines) is 1. The van der Waals surface area contributed by atoms with E-state index in [9.17, 15) is 4.79 Å². The molecule has 5 nitrogen and oxygen atoms in total. The van der Waals surface area contributed by atoms with Crippen LogP contribution < -0.4 is 9.47 Å². The average molecular weight is 359 g/mol. The van der Waals surface area contributed by atoms with Gasteiger partial charge in [0.15, 0.2) is 11.5 Å². The standard InChI is InChI=1S/C17H19NO3.C4H10O/c19-17(18-10-4-1-5-11-18)7-3-2-6-14-8-9-15-16(12-14)21-13-20-15;1-2-3-4-5/h2-3,6-9,12H,1,4-5,10-11,13H2;5H,2-4H2,1H3/b6-2+,7-3+;. The van der Waals surface area contributed by atoms with Crippen molar-refractivity contribution in [3.05, 3.63) is 42.0 Å². The number of ether oxygens (including phenoxy) is 2. The van der Waals surface area contributed by atoms with Gasteiger partial charge in [-0.2, -0.15) is 0 Å². The number of carbonyl (C=O) groups excluding carboxylic acids is 1. The Bertz CT molecular complexity index is 616. The second kappa shape index (κ2) is 11.4. The third-order valence-electron chi connectivity index (χ3n) is 4.21. The second-order valence-electron chi connectivity index (χ2n) is 6.29. The first-order valence-electron chi connectivity index (χ1n) is 9.38. The molecule has 0 aliphatic carbocycles. The quantitative estimate of drug-likeness (QED) is 0.642. The first-order valence-corrected chi connectivity index (χ1v) is 9.38. The van der Waals surface area contributed by atoms with Gasteiger partial charge < -0.3 is 19.5 Å². The van der Waals surface area contributed by atoms with Crippen molar-refractivity contribution < 1.29 is 19.4 Å². The lowest BCUT2D eigenvalue weighted by Gasteiger charge is -2.25. The topological polar surface area (TPSA) is 59.0 Å². The fourth-order valence-corrected chi connectivity index (χ4v) is 2.70. The number of aliphatic hydroxyl groups excluding tert-OH is 1. The SMILES string of the molecule is CCCCO.O=C(/C=C/C=C/c1ccc2c(c1)OCO2)N1CCCCC1. The number of hydrogen-bond donors (Lipinski definition) is 1. The van der Waals surface area contributed by atoms with Crippen molar-refractivity contribution in [3.8, 4) is 11.5 Å². The van der Waals surface area contributed by atoms with Crippen molar-refractivity contribution >= 4 is 12.0 Å². The zero-order valence-corrected chi connectivity index (χ0v) is 15.5. The molecular formula is C21H29NO4. The van der Waals surface area contributed by atoms with Crippen molar-refractivity contribution in [3.63, 3.8) is 0 Å². The molecule has 142 valence electrons. The fourth-order valence-electron chi connectivity index (χ4n) is 2.70. The minimum atomic E-state index is 0.102. The third-order valence-corrected chi connectivity index (χ3v) is 4.21. The number of carbonyl (C=O) groups is 1. The molecule has 0 atom stereocenters. The molecule has 26 heavy (non-hydrogen) atoms. The van der Waals surface area contributed by atoms with Gasteiger partial charge in [-0.3, -0.25) is 4.79 Å². The molecule has 0 aromatic heterocycles. The summed E-state index contributed by atoms with van der Waals surface area (Å²) < 4.78 is 10.6. The predicted octanol–water partition coefficient (Wildman–Crippen LogP) is 3.78. The van der Waals surface area contributed by atoms with E-state index in [0.717, 1.165) is 55.8 Å². The smallest absolute Gasteiger partial charge is 0.246 e. The van der Waals surface area contributed by atoms with Crippen LogP contribution in [0, 0.1) is 0 Å². The first kappa shape index (κ1) is 20.0. The Kier molecular flexibility index (Phi) is 8.76. The molecule has 1 aromatic rings. The van der Waals surface area contributed by atoms with E-state index in [1.165, 1.54) is 6.42 Å². The van der Waals surface area contributed by atoms with Crippen molar-refractivity contribution in [1.82, 2.24) is 4.90 Å². The summed E-state index contributed by atoms with van der Waals surface area (Å²) in [5, 5.41) is 8.07. The normalized spacial score (nSPS) is 16.0. The number of hydrogen-bond acceptors (Lipinski definition) is 4. The number of amides is 1. The third kappa shape index (κ3) is 6.56. The molecule has 0 radical (unpaired) electrons. The maximum atomic E-state index is 11.9. The molecule has 1 N–H and O–H groups in total. The average Bonchev–Trinajstić information content (AvgIpc) is 3.15. The molecule has 0 bridgehead atoms. The highest BCUT2D eigenvalue weighted by Crippen LogP contribution is 2.32. The monoisotopic (exact) mass is 359 g/mol. The predicted molar refractivity (Wildman–Crippen MR) is 103 cm³/mol. The molecular weight excluding hydrogens is 330 g/mol. The van der Waals surface area contributed by atoms with Gasteiger partial charge in [-0.05, 0) is 43.4 Å². The van der Waals surface area contributed by atoms with Gasteiger partial charge in [-0.25, -0.2) is 0 Å². The fraction of sp³-hybridized carbons (Fsp3) is 0.476. The summed E-state index contributed by atoms with van der Waals surface area (Å²) in [6, 6.07) is 5.79. The van der Waals surface area contributed by atoms with Gasteiger partial charge in [0.05, 0.1) is 0 Å². The van der Waals surface area contributed by atoms with Gasteiger partial charge in [0.2, 0.25) is 12.7 Å². The summed E-state index contributed by atoms with van der Waals surface area (Å²) in [7, 11) is 0. The molecule has 1 aromatic carbocycles. The van der Waals surface area contributed by atoms with E-state index in [1.54, 1.807) is 12.2 Å². The van der Waals surface area contributed by atoms with Gasteiger partial charge >= 0.3 is 0 Å². The second-order valence-corrected chi connectivity index (χ2v) is 6.29. The highest BCUT2D eigenvalue weighted by atomic mass is 16.7. The van der Waals surface area contributed by atoms with Crippen LogP contribution in [-0.2, 0) is 4.79 Å². The van der Waals surface area contributed by atoms with Gasteiger partial charge in [-0.15, -0.1) is 0 Å². The number of nitrogens with zero attached hydrogens (tertiary/aromatic N) is 1. The number of allylic oxidation sites excluding steroid dienone is 2. The molecule has 2 aliphatic heterocycles. The largest absolute Gasteiger partial charge is 0.454 e. The summed E-state index contributed by atoms with van der Waals surface area (Å²) >= 11 is 0. The van der Waals surface area contributed by atoms with Crippen LogP contribution in [0.4, 0.5) is 0 Å². The molecule has 0 saturated carbocycles. The van der Waals surface area contributed by atoms with Crippen molar-refractivity contribution in [1.29, 1.82) is 0 Å².